The minimum Gasteiger partial charge on any atom is -0.369 e. The van der Waals surface area contributed by atoms with Gasteiger partial charge < -0.3 is 4.90 Å². The third-order valence-corrected chi connectivity index (χ3v) is 3.86. The van der Waals surface area contributed by atoms with Crippen molar-refractivity contribution in [1.29, 1.82) is 5.26 Å². The van der Waals surface area contributed by atoms with Gasteiger partial charge in [-0.3, -0.25) is 0 Å². The van der Waals surface area contributed by atoms with Crippen molar-refractivity contribution >= 4 is 33.2 Å². The molecule has 0 saturated heterocycles. The Morgan fingerprint density at radius 2 is 2.00 bits per heavy atom. The van der Waals surface area contributed by atoms with E-state index < -0.39 is 0 Å². The molecule has 19 heavy (non-hydrogen) atoms. The lowest BCUT2D eigenvalue weighted by Gasteiger charge is -2.21. The van der Waals surface area contributed by atoms with Crippen LogP contribution in [0.3, 0.4) is 0 Å². The highest BCUT2D eigenvalue weighted by molar-refractivity contribution is 9.10. The summed E-state index contributed by atoms with van der Waals surface area (Å²) in [5.74, 6) is 0. The summed E-state index contributed by atoms with van der Waals surface area (Å²) in [4.78, 5) is 2.09. The van der Waals surface area contributed by atoms with Crippen LogP contribution in [0.15, 0.2) is 46.9 Å². The number of halogens is 2. The number of anilines is 1. The Labute approximate surface area is 126 Å². The molecule has 0 bridgehead atoms. The third-order valence-electron chi connectivity index (χ3n) is 2.85. The second-order valence-corrected chi connectivity index (χ2v) is 5.49. The molecule has 96 valence electrons. The lowest BCUT2D eigenvalue weighted by molar-refractivity contribution is 0.920. The molecule has 0 radical (unpaired) electrons. The van der Waals surface area contributed by atoms with E-state index in [9.17, 15) is 0 Å². The van der Waals surface area contributed by atoms with Gasteiger partial charge >= 0.3 is 0 Å². The highest BCUT2D eigenvalue weighted by Crippen LogP contribution is 2.28. The lowest BCUT2D eigenvalue weighted by Crippen LogP contribution is -2.17. The monoisotopic (exact) mass is 334 g/mol. The van der Waals surface area contributed by atoms with E-state index in [4.69, 9.17) is 16.9 Å². The fourth-order valence-electron chi connectivity index (χ4n) is 1.85. The highest BCUT2D eigenvalue weighted by atomic mass is 79.9. The van der Waals surface area contributed by atoms with E-state index in [1.54, 1.807) is 0 Å². The Hall–Kier alpha value is -1.50. The van der Waals surface area contributed by atoms with Crippen LogP contribution in [0.5, 0.6) is 0 Å². The molecule has 2 aromatic rings. The topological polar surface area (TPSA) is 27.0 Å². The second-order valence-electron chi connectivity index (χ2n) is 4.23. The molecule has 0 spiro atoms. The van der Waals surface area contributed by atoms with Crippen molar-refractivity contribution < 1.29 is 0 Å². The summed E-state index contributed by atoms with van der Waals surface area (Å²) >= 11 is 9.66. The van der Waals surface area contributed by atoms with Crippen LogP contribution in [-0.4, -0.2) is 7.05 Å². The predicted molar refractivity (Wildman–Crippen MR) is 82.4 cm³/mol. The number of benzene rings is 2. The van der Waals surface area contributed by atoms with Gasteiger partial charge in [-0.15, -0.1) is 0 Å². The van der Waals surface area contributed by atoms with Gasteiger partial charge in [0.2, 0.25) is 0 Å². The summed E-state index contributed by atoms with van der Waals surface area (Å²) in [6.45, 7) is 0.712. The van der Waals surface area contributed by atoms with E-state index in [0.717, 1.165) is 20.7 Å². The van der Waals surface area contributed by atoms with Gasteiger partial charge in [0.05, 0.1) is 17.3 Å². The maximum atomic E-state index is 8.86. The Balaban J connectivity index is 2.24. The molecule has 2 aromatic carbocycles. The Morgan fingerprint density at radius 3 is 2.63 bits per heavy atom. The minimum absolute atomic E-state index is 0.641. The molecule has 0 aliphatic heterocycles. The van der Waals surface area contributed by atoms with Crippen LogP contribution in [0, 0.1) is 11.3 Å². The second kappa shape index (κ2) is 6.10. The Morgan fingerprint density at radius 1 is 1.26 bits per heavy atom. The maximum absolute atomic E-state index is 8.86. The molecular weight excluding hydrogens is 324 g/mol. The zero-order chi connectivity index (χ0) is 13.8. The first-order valence-electron chi connectivity index (χ1n) is 5.76. The lowest BCUT2D eigenvalue weighted by atomic mass is 10.2. The molecule has 0 amide bonds. The van der Waals surface area contributed by atoms with Crippen LogP contribution >= 0.6 is 27.5 Å². The molecule has 0 heterocycles. The van der Waals surface area contributed by atoms with Crippen LogP contribution in [-0.2, 0) is 6.54 Å². The van der Waals surface area contributed by atoms with Gasteiger partial charge in [-0.2, -0.15) is 5.26 Å². The van der Waals surface area contributed by atoms with Crippen LogP contribution < -0.4 is 4.90 Å². The summed E-state index contributed by atoms with van der Waals surface area (Å²) in [5.41, 5.74) is 2.74. The molecule has 0 aromatic heterocycles. The molecule has 2 nitrogen and oxygen atoms in total. The molecule has 0 atom stereocenters. The van der Waals surface area contributed by atoms with Crippen molar-refractivity contribution in [3.63, 3.8) is 0 Å². The summed E-state index contributed by atoms with van der Waals surface area (Å²) in [6, 6.07) is 15.5. The molecular formula is C15H12BrClN2. The first-order chi connectivity index (χ1) is 9.11. The normalized spacial score (nSPS) is 10.0. The zero-order valence-corrected chi connectivity index (χ0v) is 12.7. The summed E-state index contributed by atoms with van der Waals surface area (Å²) in [6.07, 6.45) is 0. The Kier molecular flexibility index (Phi) is 4.47. The molecule has 0 aliphatic carbocycles. The standard InChI is InChI=1S/C15H12BrClN2/c1-19(10-12-4-2-3-5-14(12)17)15-7-6-11(9-18)8-13(15)16/h2-8H,10H2,1H3. The molecule has 0 fully saturated rings. The Bertz CT molecular complexity index is 634. The maximum Gasteiger partial charge on any atom is 0.0992 e. The quantitative estimate of drug-likeness (QED) is 0.819. The van der Waals surface area contributed by atoms with E-state index in [1.807, 2.05) is 49.5 Å². The van der Waals surface area contributed by atoms with E-state index >= 15 is 0 Å². The van der Waals surface area contributed by atoms with Gasteiger partial charge in [0.15, 0.2) is 0 Å². The van der Waals surface area contributed by atoms with Crippen molar-refractivity contribution in [3.8, 4) is 6.07 Å². The van der Waals surface area contributed by atoms with Crippen molar-refractivity contribution in [2.45, 2.75) is 6.54 Å². The predicted octanol–water partition coefficient (Wildman–Crippen LogP) is 4.61. The average molecular weight is 336 g/mol. The first kappa shape index (κ1) is 13.9. The first-order valence-corrected chi connectivity index (χ1v) is 6.93. The van der Waals surface area contributed by atoms with Crippen LogP contribution in [0.25, 0.3) is 0 Å². The molecule has 0 aliphatic rings. The number of rotatable bonds is 3. The van der Waals surface area contributed by atoms with E-state index in [-0.39, 0.29) is 0 Å². The highest BCUT2D eigenvalue weighted by Gasteiger charge is 2.09. The fourth-order valence-corrected chi connectivity index (χ4v) is 2.73. The van der Waals surface area contributed by atoms with E-state index in [2.05, 4.69) is 26.9 Å². The van der Waals surface area contributed by atoms with Gasteiger partial charge in [0.1, 0.15) is 0 Å². The van der Waals surface area contributed by atoms with Crippen LogP contribution in [0.2, 0.25) is 5.02 Å². The van der Waals surface area contributed by atoms with Crippen molar-refractivity contribution in [2.75, 3.05) is 11.9 Å². The molecule has 0 unspecified atom stereocenters. The van der Waals surface area contributed by atoms with Crippen molar-refractivity contribution in [1.82, 2.24) is 0 Å². The summed E-state index contributed by atoms with van der Waals surface area (Å²) in [7, 11) is 2.00. The summed E-state index contributed by atoms with van der Waals surface area (Å²) in [5, 5.41) is 9.62. The number of hydrogen-bond donors (Lipinski definition) is 0. The SMILES string of the molecule is CN(Cc1ccccc1Cl)c1ccc(C#N)cc1Br. The van der Waals surface area contributed by atoms with Crippen LogP contribution in [0.4, 0.5) is 5.69 Å². The number of nitriles is 1. The van der Waals surface area contributed by atoms with Crippen molar-refractivity contribution in [2.24, 2.45) is 0 Å². The fraction of sp³-hybridized carbons (Fsp3) is 0.133. The van der Waals surface area contributed by atoms with E-state index in [0.29, 0.717) is 12.1 Å². The van der Waals surface area contributed by atoms with Gasteiger partial charge in [0, 0.05) is 23.1 Å². The zero-order valence-electron chi connectivity index (χ0n) is 10.4. The van der Waals surface area contributed by atoms with Gasteiger partial charge in [-0.1, -0.05) is 29.8 Å². The minimum atomic E-state index is 0.641. The molecule has 4 heteroatoms. The number of nitrogens with zero attached hydrogens (tertiary/aromatic N) is 2. The van der Waals surface area contributed by atoms with Gasteiger partial charge in [-0.25, -0.2) is 0 Å². The molecule has 0 saturated carbocycles. The molecule has 2 rings (SSSR count). The third kappa shape index (κ3) is 3.28. The van der Waals surface area contributed by atoms with Gasteiger partial charge in [0.25, 0.3) is 0 Å². The molecule has 0 N–H and O–H groups in total. The largest absolute Gasteiger partial charge is 0.369 e. The summed E-state index contributed by atoms with van der Waals surface area (Å²) < 4.78 is 0.904. The van der Waals surface area contributed by atoms with E-state index in [1.165, 1.54) is 0 Å². The average Bonchev–Trinajstić information content (AvgIpc) is 2.41. The van der Waals surface area contributed by atoms with Crippen LogP contribution in [0.1, 0.15) is 11.1 Å². The number of hydrogen-bond acceptors (Lipinski definition) is 2. The van der Waals surface area contributed by atoms with Crippen molar-refractivity contribution in [3.05, 3.63) is 63.1 Å². The smallest absolute Gasteiger partial charge is 0.0992 e. The van der Waals surface area contributed by atoms with Gasteiger partial charge in [-0.05, 0) is 45.8 Å².